The highest BCUT2D eigenvalue weighted by atomic mass is 19.1. The first kappa shape index (κ1) is 22.1. The van der Waals surface area contributed by atoms with Crippen molar-refractivity contribution < 1.29 is 9.18 Å². The Bertz CT molecular complexity index is 1270. The normalized spacial score (nSPS) is 14.5. The van der Waals surface area contributed by atoms with Crippen molar-refractivity contribution in [2.75, 3.05) is 18.0 Å². The highest BCUT2D eigenvalue weighted by Crippen LogP contribution is 2.28. The molecule has 5 rings (SSSR count). The van der Waals surface area contributed by atoms with Crippen LogP contribution in [0.25, 0.3) is 11.0 Å². The third-order valence-electron chi connectivity index (χ3n) is 6.62. The van der Waals surface area contributed by atoms with Gasteiger partial charge in [-0.25, -0.2) is 9.37 Å². The van der Waals surface area contributed by atoms with E-state index in [0.717, 1.165) is 54.0 Å². The molecule has 0 aliphatic carbocycles. The first-order chi connectivity index (χ1) is 16.6. The zero-order valence-corrected chi connectivity index (χ0v) is 19.4. The van der Waals surface area contributed by atoms with Gasteiger partial charge in [0.25, 0.3) is 0 Å². The SMILES string of the molecule is Cc1ccc(CNC(=O)C2CCN(c3nc4ccccc4n3Cc3ccc(F)cc3)CC2)cc1. The molecule has 1 aliphatic rings. The first-order valence-electron chi connectivity index (χ1n) is 11.8. The van der Waals surface area contributed by atoms with Crippen molar-refractivity contribution in [1.82, 2.24) is 14.9 Å². The number of hydrogen-bond donors (Lipinski definition) is 1. The topological polar surface area (TPSA) is 50.2 Å². The number of benzene rings is 3. The third-order valence-corrected chi connectivity index (χ3v) is 6.62. The summed E-state index contributed by atoms with van der Waals surface area (Å²) in [4.78, 5) is 20.0. The number of rotatable bonds is 6. The van der Waals surface area contributed by atoms with Crippen LogP contribution in [0, 0.1) is 18.7 Å². The number of anilines is 1. The molecule has 4 aromatic rings. The Balaban J connectivity index is 1.27. The van der Waals surface area contributed by atoms with Gasteiger partial charge in [0.1, 0.15) is 5.82 Å². The fourth-order valence-corrected chi connectivity index (χ4v) is 4.61. The quantitative estimate of drug-likeness (QED) is 0.441. The standard InChI is InChI=1S/C28H29FN4O/c1-20-6-8-21(9-7-20)18-30-27(34)23-14-16-32(17-15-23)28-31-25-4-2-3-5-26(25)33(28)19-22-10-12-24(29)13-11-22/h2-13,23H,14-19H2,1H3,(H,30,34). The summed E-state index contributed by atoms with van der Waals surface area (Å²) in [5.41, 5.74) is 5.35. The smallest absolute Gasteiger partial charge is 0.223 e. The molecule has 1 fully saturated rings. The van der Waals surface area contributed by atoms with E-state index >= 15 is 0 Å². The first-order valence-corrected chi connectivity index (χ1v) is 11.8. The number of hydrogen-bond acceptors (Lipinski definition) is 3. The van der Waals surface area contributed by atoms with Crippen molar-refractivity contribution >= 4 is 22.9 Å². The molecule has 0 atom stereocenters. The molecule has 0 saturated carbocycles. The number of aromatic nitrogens is 2. The summed E-state index contributed by atoms with van der Waals surface area (Å²) in [6.45, 7) is 4.79. The van der Waals surface area contributed by atoms with Gasteiger partial charge in [-0.2, -0.15) is 0 Å². The predicted molar refractivity (Wildman–Crippen MR) is 133 cm³/mol. The van der Waals surface area contributed by atoms with Gasteiger partial charge in [0.2, 0.25) is 11.9 Å². The highest BCUT2D eigenvalue weighted by molar-refractivity contribution is 5.80. The van der Waals surface area contributed by atoms with E-state index in [-0.39, 0.29) is 17.6 Å². The van der Waals surface area contributed by atoms with Crippen LogP contribution >= 0.6 is 0 Å². The second-order valence-corrected chi connectivity index (χ2v) is 9.08. The lowest BCUT2D eigenvalue weighted by Crippen LogP contribution is -2.41. The fraction of sp³-hybridized carbons (Fsp3) is 0.286. The van der Waals surface area contributed by atoms with Crippen molar-refractivity contribution in [2.24, 2.45) is 5.92 Å². The molecular weight excluding hydrogens is 427 g/mol. The summed E-state index contributed by atoms with van der Waals surface area (Å²) >= 11 is 0. The van der Waals surface area contributed by atoms with Crippen molar-refractivity contribution in [2.45, 2.75) is 32.9 Å². The minimum absolute atomic E-state index is 0.0108. The maximum Gasteiger partial charge on any atom is 0.223 e. The van der Waals surface area contributed by atoms with Gasteiger partial charge in [-0.3, -0.25) is 4.79 Å². The van der Waals surface area contributed by atoms with Gasteiger partial charge in [-0.05, 0) is 55.2 Å². The van der Waals surface area contributed by atoms with E-state index in [9.17, 15) is 9.18 Å². The van der Waals surface area contributed by atoms with Gasteiger partial charge in [0.05, 0.1) is 17.6 Å². The number of carbonyl (C=O) groups is 1. The average Bonchev–Trinajstić information content (AvgIpc) is 3.23. The van der Waals surface area contributed by atoms with Crippen LogP contribution in [-0.4, -0.2) is 28.5 Å². The molecule has 34 heavy (non-hydrogen) atoms. The zero-order chi connectivity index (χ0) is 23.5. The van der Waals surface area contributed by atoms with Gasteiger partial charge < -0.3 is 14.8 Å². The van der Waals surface area contributed by atoms with E-state index < -0.39 is 0 Å². The molecule has 6 heteroatoms. The predicted octanol–water partition coefficient (Wildman–Crippen LogP) is 5.06. The van der Waals surface area contributed by atoms with E-state index in [0.29, 0.717) is 13.1 Å². The number of nitrogens with one attached hydrogen (secondary N) is 1. The Morgan fingerprint density at radius 3 is 2.38 bits per heavy atom. The number of piperidine rings is 1. The van der Waals surface area contributed by atoms with Crippen LogP contribution < -0.4 is 10.2 Å². The Morgan fingerprint density at radius 1 is 0.971 bits per heavy atom. The Kier molecular flexibility index (Phi) is 6.30. The molecule has 1 amide bonds. The number of amides is 1. The molecule has 1 N–H and O–H groups in total. The van der Waals surface area contributed by atoms with Gasteiger partial charge in [-0.1, -0.05) is 54.1 Å². The highest BCUT2D eigenvalue weighted by Gasteiger charge is 2.27. The van der Waals surface area contributed by atoms with Crippen LogP contribution in [0.4, 0.5) is 10.3 Å². The number of nitrogens with zero attached hydrogens (tertiary/aromatic N) is 3. The lowest BCUT2D eigenvalue weighted by molar-refractivity contribution is -0.125. The molecular formula is C28H29FN4O. The van der Waals surface area contributed by atoms with Gasteiger partial charge in [-0.15, -0.1) is 0 Å². The minimum atomic E-state index is -0.234. The number of imidazole rings is 1. The minimum Gasteiger partial charge on any atom is -0.352 e. The van der Waals surface area contributed by atoms with E-state index in [2.05, 4.69) is 52.0 Å². The number of para-hydroxylation sites is 2. The van der Waals surface area contributed by atoms with E-state index in [1.54, 1.807) is 0 Å². The van der Waals surface area contributed by atoms with E-state index in [4.69, 9.17) is 4.98 Å². The second-order valence-electron chi connectivity index (χ2n) is 9.08. The van der Waals surface area contributed by atoms with Gasteiger partial charge >= 0.3 is 0 Å². The Labute approximate surface area is 199 Å². The molecule has 1 aromatic heterocycles. The van der Waals surface area contributed by atoms with Crippen molar-refractivity contribution in [3.8, 4) is 0 Å². The maximum atomic E-state index is 13.4. The van der Waals surface area contributed by atoms with Crippen molar-refractivity contribution in [1.29, 1.82) is 0 Å². The van der Waals surface area contributed by atoms with Crippen LogP contribution in [-0.2, 0) is 17.9 Å². The summed E-state index contributed by atoms with van der Waals surface area (Å²) in [7, 11) is 0. The summed E-state index contributed by atoms with van der Waals surface area (Å²) in [6.07, 6.45) is 1.58. The summed E-state index contributed by atoms with van der Waals surface area (Å²) in [5, 5.41) is 3.10. The van der Waals surface area contributed by atoms with Crippen molar-refractivity contribution in [3.63, 3.8) is 0 Å². The molecule has 0 unspecified atom stereocenters. The molecule has 0 bridgehead atoms. The lowest BCUT2D eigenvalue weighted by atomic mass is 9.96. The summed E-state index contributed by atoms with van der Waals surface area (Å²) in [5.74, 6) is 0.808. The molecule has 0 spiro atoms. The number of carbonyl (C=O) groups excluding carboxylic acids is 1. The third kappa shape index (κ3) is 4.81. The number of aryl methyl sites for hydroxylation is 1. The molecule has 2 heterocycles. The largest absolute Gasteiger partial charge is 0.352 e. The van der Waals surface area contributed by atoms with Crippen molar-refractivity contribution in [3.05, 3.63) is 95.3 Å². The van der Waals surface area contributed by atoms with Crippen LogP contribution in [0.5, 0.6) is 0 Å². The fourth-order valence-electron chi connectivity index (χ4n) is 4.61. The molecule has 1 aliphatic heterocycles. The molecule has 5 nitrogen and oxygen atoms in total. The molecule has 0 radical (unpaired) electrons. The zero-order valence-electron chi connectivity index (χ0n) is 19.4. The Hall–Kier alpha value is -3.67. The average molecular weight is 457 g/mol. The van der Waals surface area contributed by atoms with Gasteiger partial charge in [0, 0.05) is 25.6 Å². The molecule has 1 saturated heterocycles. The van der Waals surface area contributed by atoms with Crippen LogP contribution in [0.1, 0.15) is 29.5 Å². The summed E-state index contributed by atoms with van der Waals surface area (Å²) < 4.78 is 15.6. The Morgan fingerprint density at radius 2 is 1.65 bits per heavy atom. The number of fused-ring (bicyclic) bond motifs is 1. The summed E-state index contributed by atoms with van der Waals surface area (Å²) in [6, 6.07) is 23.0. The second kappa shape index (κ2) is 9.67. The van der Waals surface area contributed by atoms with Crippen LogP contribution in [0.15, 0.2) is 72.8 Å². The monoisotopic (exact) mass is 456 g/mol. The van der Waals surface area contributed by atoms with E-state index in [1.165, 1.54) is 17.7 Å². The lowest BCUT2D eigenvalue weighted by Gasteiger charge is -2.32. The number of halogens is 1. The van der Waals surface area contributed by atoms with Crippen LogP contribution in [0.2, 0.25) is 0 Å². The molecule has 3 aromatic carbocycles. The van der Waals surface area contributed by atoms with E-state index in [1.807, 2.05) is 30.3 Å². The maximum absolute atomic E-state index is 13.4. The van der Waals surface area contributed by atoms with Gasteiger partial charge in [0.15, 0.2) is 0 Å². The van der Waals surface area contributed by atoms with Crippen LogP contribution in [0.3, 0.4) is 0 Å². The molecule has 174 valence electrons.